The third-order valence-electron chi connectivity index (χ3n) is 5.85. The Balaban J connectivity index is 1.85. The Morgan fingerprint density at radius 3 is 2.33 bits per heavy atom. The first-order valence-electron chi connectivity index (χ1n) is 10.1. The summed E-state index contributed by atoms with van der Waals surface area (Å²) in [4.78, 5) is 36.3. The molecule has 2 heterocycles. The summed E-state index contributed by atoms with van der Waals surface area (Å²) in [5.41, 5.74) is 0. The second kappa shape index (κ2) is 9.13. The molecule has 2 aliphatic heterocycles. The lowest BCUT2D eigenvalue weighted by Gasteiger charge is -2.49. The highest BCUT2D eigenvalue weighted by atomic mass is 32.2. The van der Waals surface area contributed by atoms with Crippen LogP contribution in [0.25, 0.3) is 0 Å². The molecule has 0 spiro atoms. The lowest BCUT2D eigenvalue weighted by atomic mass is 9.76. The molecular weight excluding hydrogens is 410 g/mol. The first-order chi connectivity index (χ1) is 14.3. The normalized spacial score (nSPS) is 24.8. The minimum Gasteiger partial charge on any atom is -0.480 e. The SMILES string of the molecule is CCC(=O)NC[C@@H](NC(=O)C1C2CCC(CC2)N1S(=O)(=O)c1ccccc1)C(=O)O. The third-order valence-corrected chi connectivity index (χ3v) is 7.80. The number of piperidine rings is 2. The largest absolute Gasteiger partial charge is 0.480 e. The molecule has 0 aromatic heterocycles. The zero-order valence-electron chi connectivity index (χ0n) is 16.8. The number of benzene rings is 1. The van der Waals surface area contributed by atoms with Gasteiger partial charge in [0.15, 0.2) is 0 Å². The van der Waals surface area contributed by atoms with Gasteiger partial charge in [-0.05, 0) is 43.7 Å². The molecule has 0 radical (unpaired) electrons. The zero-order valence-corrected chi connectivity index (χ0v) is 17.6. The fourth-order valence-corrected chi connectivity index (χ4v) is 6.21. The van der Waals surface area contributed by atoms with E-state index in [-0.39, 0.29) is 35.7 Å². The number of rotatable bonds is 8. The Labute approximate surface area is 175 Å². The summed E-state index contributed by atoms with van der Waals surface area (Å²) in [5.74, 6) is -2.44. The number of hydrogen-bond donors (Lipinski definition) is 3. The molecule has 2 atom stereocenters. The average molecular weight is 438 g/mol. The number of nitrogens with zero attached hydrogens (tertiary/aromatic N) is 1. The third kappa shape index (κ3) is 4.49. The molecule has 1 aliphatic carbocycles. The number of nitrogens with one attached hydrogen (secondary N) is 2. The second-order valence-electron chi connectivity index (χ2n) is 7.72. The average Bonchev–Trinajstić information content (AvgIpc) is 2.76. The number of hydrogen-bond acceptors (Lipinski definition) is 5. The second-order valence-corrected chi connectivity index (χ2v) is 9.56. The number of fused-ring (bicyclic) bond motifs is 3. The summed E-state index contributed by atoms with van der Waals surface area (Å²) >= 11 is 0. The van der Waals surface area contributed by atoms with Crippen molar-refractivity contribution in [2.75, 3.05) is 6.54 Å². The van der Waals surface area contributed by atoms with Crippen molar-refractivity contribution >= 4 is 27.8 Å². The van der Waals surface area contributed by atoms with Gasteiger partial charge in [0.2, 0.25) is 21.8 Å². The van der Waals surface area contributed by atoms with Gasteiger partial charge >= 0.3 is 5.97 Å². The van der Waals surface area contributed by atoms with E-state index in [1.54, 1.807) is 25.1 Å². The van der Waals surface area contributed by atoms with Gasteiger partial charge in [-0.3, -0.25) is 9.59 Å². The highest BCUT2D eigenvalue weighted by Gasteiger charge is 2.51. The van der Waals surface area contributed by atoms with E-state index in [9.17, 15) is 27.9 Å². The van der Waals surface area contributed by atoms with Gasteiger partial charge in [0.1, 0.15) is 12.1 Å². The number of carboxylic acid groups (broad SMARTS) is 1. The van der Waals surface area contributed by atoms with Crippen molar-refractivity contribution in [1.29, 1.82) is 0 Å². The summed E-state index contributed by atoms with van der Waals surface area (Å²) in [7, 11) is -3.92. The van der Waals surface area contributed by atoms with Crippen molar-refractivity contribution in [3.8, 4) is 0 Å². The van der Waals surface area contributed by atoms with Gasteiger partial charge in [-0.1, -0.05) is 25.1 Å². The highest BCUT2D eigenvalue weighted by Crippen LogP contribution is 2.42. The minimum atomic E-state index is -3.92. The van der Waals surface area contributed by atoms with Crippen LogP contribution >= 0.6 is 0 Å². The van der Waals surface area contributed by atoms with Crippen LogP contribution in [-0.2, 0) is 24.4 Å². The number of sulfonamides is 1. The molecule has 9 nitrogen and oxygen atoms in total. The van der Waals surface area contributed by atoms with E-state index >= 15 is 0 Å². The standard InChI is InChI=1S/C20H27N3O6S/c1-2-17(24)21-12-16(20(26)27)22-19(25)18-13-8-10-14(11-9-13)23(18)30(28,29)15-6-4-3-5-7-15/h3-7,13-14,16,18H,2,8-12H2,1H3,(H,21,24)(H,22,25)(H,26,27)/t13?,14?,16-,18?/m1/s1. The lowest BCUT2D eigenvalue weighted by molar-refractivity contribution is -0.143. The lowest BCUT2D eigenvalue weighted by Crippen LogP contribution is -2.64. The first kappa shape index (κ1) is 22.2. The quantitative estimate of drug-likeness (QED) is 0.549. The molecule has 2 amide bonds. The molecule has 3 N–H and O–H groups in total. The maximum atomic E-state index is 13.3. The molecule has 1 saturated carbocycles. The summed E-state index contributed by atoms with van der Waals surface area (Å²) in [6.45, 7) is 1.37. The fraction of sp³-hybridized carbons (Fsp3) is 0.550. The summed E-state index contributed by atoms with van der Waals surface area (Å²) < 4.78 is 28.0. The van der Waals surface area contributed by atoms with Crippen LogP contribution in [0.1, 0.15) is 39.0 Å². The number of carboxylic acids is 1. The van der Waals surface area contributed by atoms with Gasteiger partial charge in [-0.2, -0.15) is 4.31 Å². The Hall–Kier alpha value is -2.46. The van der Waals surface area contributed by atoms with Crippen LogP contribution in [-0.4, -0.2) is 60.3 Å². The van der Waals surface area contributed by atoms with Gasteiger partial charge in [0.25, 0.3) is 0 Å². The van der Waals surface area contributed by atoms with E-state index in [2.05, 4.69) is 10.6 Å². The molecule has 1 aromatic carbocycles. The molecule has 30 heavy (non-hydrogen) atoms. The van der Waals surface area contributed by atoms with Crippen molar-refractivity contribution in [3.63, 3.8) is 0 Å². The van der Waals surface area contributed by atoms with Crippen LogP contribution in [0.3, 0.4) is 0 Å². The molecule has 2 bridgehead atoms. The number of carbonyl (C=O) groups excluding carboxylic acids is 2. The maximum Gasteiger partial charge on any atom is 0.328 e. The van der Waals surface area contributed by atoms with E-state index in [1.165, 1.54) is 16.4 Å². The molecule has 2 saturated heterocycles. The van der Waals surface area contributed by atoms with E-state index in [0.717, 1.165) is 0 Å². The van der Waals surface area contributed by atoms with Crippen molar-refractivity contribution in [2.45, 2.75) is 62.0 Å². The number of carbonyl (C=O) groups is 3. The summed E-state index contributed by atoms with van der Waals surface area (Å²) in [6, 6.07) is 5.36. The number of amides is 2. The van der Waals surface area contributed by atoms with E-state index < -0.39 is 34.0 Å². The topological polar surface area (TPSA) is 133 Å². The van der Waals surface area contributed by atoms with E-state index in [4.69, 9.17) is 0 Å². The Bertz CT molecular complexity index is 896. The van der Waals surface area contributed by atoms with Gasteiger partial charge in [0, 0.05) is 19.0 Å². The molecule has 1 aromatic rings. The molecule has 10 heteroatoms. The minimum absolute atomic E-state index is 0.111. The van der Waals surface area contributed by atoms with Crippen molar-refractivity contribution in [1.82, 2.24) is 14.9 Å². The molecule has 4 rings (SSSR count). The van der Waals surface area contributed by atoms with Crippen LogP contribution in [0, 0.1) is 5.92 Å². The van der Waals surface area contributed by atoms with Crippen LogP contribution in [0.15, 0.2) is 35.2 Å². The number of aliphatic carboxylic acids is 1. The maximum absolute atomic E-state index is 13.3. The van der Waals surface area contributed by atoms with Gasteiger partial charge in [0.05, 0.1) is 4.90 Å². The van der Waals surface area contributed by atoms with Crippen LogP contribution in [0.4, 0.5) is 0 Å². The zero-order chi connectivity index (χ0) is 21.9. The van der Waals surface area contributed by atoms with Gasteiger partial charge < -0.3 is 15.7 Å². The molecule has 3 aliphatic rings. The molecule has 164 valence electrons. The van der Waals surface area contributed by atoms with Gasteiger partial charge in [-0.15, -0.1) is 0 Å². The Morgan fingerprint density at radius 2 is 1.77 bits per heavy atom. The van der Waals surface area contributed by atoms with Crippen LogP contribution in [0.5, 0.6) is 0 Å². The van der Waals surface area contributed by atoms with Crippen molar-refractivity contribution in [3.05, 3.63) is 30.3 Å². The first-order valence-corrected chi connectivity index (χ1v) is 11.6. The molecule has 1 unspecified atom stereocenters. The summed E-state index contributed by atoms with van der Waals surface area (Å²) in [6.07, 6.45) is 2.97. The van der Waals surface area contributed by atoms with Crippen LogP contribution in [0.2, 0.25) is 0 Å². The van der Waals surface area contributed by atoms with Crippen molar-refractivity contribution in [2.24, 2.45) is 5.92 Å². The van der Waals surface area contributed by atoms with Crippen LogP contribution < -0.4 is 10.6 Å². The Morgan fingerprint density at radius 1 is 1.13 bits per heavy atom. The fourth-order valence-electron chi connectivity index (χ4n) is 4.29. The van der Waals surface area contributed by atoms with E-state index in [0.29, 0.717) is 25.7 Å². The monoisotopic (exact) mass is 437 g/mol. The summed E-state index contributed by atoms with van der Waals surface area (Å²) in [5, 5.41) is 14.3. The van der Waals surface area contributed by atoms with E-state index in [1.807, 2.05) is 0 Å². The van der Waals surface area contributed by atoms with Crippen molar-refractivity contribution < 1.29 is 27.9 Å². The molecular formula is C20H27N3O6S. The molecule has 3 fully saturated rings. The highest BCUT2D eigenvalue weighted by molar-refractivity contribution is 7.89. The predicted molar refractivity (Wildman–Crippen MR) is 108 cm³/mol. The van der Waals surface area contributed by atoms with Gasteiger partial charge in [-0.25, -0.2) is 13.2 Å². The Kier molecular flexibility index (Phi) is 6.77. The smallest absolute Gasteiger partial charge is 0.328 e. The predicted octanol–water partition coefficient (Wildman–Crippen LogP) is 0.714.